The first-order valence-corrected chi connectivity index (χ1v) is 11.2. The van der Waals surface area contributed by atoms with Crippen LogP contribution in [0.2, 0.25) is 0 Å². The van der Waals surface area contributed by atoms with E-state index < -0.39 is 5.41 Å². The van der Waals surface area contributed by atoms with Gasteiger partial charge >= 0.3 is 6.09 Å². The van der Waals surface area contributed by atoms with Crippen molar-refractivity contribution in [1.29, 1.82) is 5.26 Å². The maximum Gasteiger partial charge on any atom is 0.410 e. The van der Waals surface area contributed by atoms with E-state index in [1.165, 1.54) is 0 Å². The Bertz CT molecular complexity index is 996. The molecule has 0 unspecified atom stereocenters. The molecule has 0 atom stereocenters. The molecule has 4 heteroatoms. The fraction of sp³-hybridized carbons (Fsp3) is 0.286. The van der Waals surface area contributed by atoms with Crippen LogP contribution in [-0.4, -0.2) is 17.1 Å². The van der Waals surface area contributed by atoms with Crippen LogP contribution in [-0.2, 0) is 23.2 Å². The molecule has 0 bridgehead atoms. The Morgan fingerprint density at radius 2 is 1.31 bits per heavy atom. The fourth-order valence-corrected chi connectivity index (χ4v) is 4.43. The molecular formula is C28H28N2O2. The number of amides is 1. The second-order valence-electron chi connectivity index (χ2n) is 8.47. The van der Waals surface area contributed by atoms with E-state index >= 15 is 0 Å². The molecule has 4 rings (SSSR count). The number of rotatable bonds is 6. The van der Waals surface area contributed by atoms with Crippen molar-refractivity contribution in [2.75, 3.05) is 0 Å². The highest BCUT2D eigenvalue weighted by molar-refractivity contribution is 5.68. The SMILES string of the molecule is N#CC1(c2ccccc2)CCC(OC(=O)N(Cc2ccccc2)Cc2ccccc2)CC1. The molecule has 4 nitrogen and oxygen atoms in total. The minimum atomic E-state index is -0.488. The van der Waals surface area contributed by atoms with E-state index in [2.05, 4.69) is 6.07 Å². The first-order chi connectivity index (χ1) is 15.7. The number of carbonyl (C=O) groups is 1. The second kappa shape index (κ2) is 10.2. The van der Waals surface area contributed by atoms with Crippen molar-refractivity contribution in [3.63, 3.8) is 0 Å². The van der Waals surface area contributed by atoms with Crippen molar-refractivity contribution < 1.29 is 9.53 Å². The van der Waals surface area contributed by atoms with Crippen molar-refractivity contribution in [2.45, 2.75) is 50.3 Å². The summed E-state index contributed by atoms with van der Waals surface area (Å²) in [5.74, 6) is 0. The monoisotopic (exact) mass is 424 g/mol. The van der Waals surface area contributed by atoms with Crippen LogP contribution in [0.1, 0.15) is 42.4 Å². The van der Waals surface area contributed by atoms with Gasteiger partial charge in [0.1, 0.15) is 6.10 Å². The van der Waals surface area contributed by atoms with Gasteiger partial charge in [0.2, 0.25) is 0 Å². The zero-order valence-corrected chi connectivity index (χ0v) is 18.2. The van der Waals surface area contributed by atoms with Crippen LogP contribution in [0.15, 0.2) is 91.0 Å². The number of hydrogen-bond donors (Lipinski definition) is 0. The molecule has 1 saturated carbocycles. The molecule has 0 aromatic heterocycles. The number of benzene rings is 3. The highest BCUT2D eigenvalue weighted by Gasteiger charge is 2.38. The largest absolute Gasteiger partial charge is 0.446 e. The van der Waals surface area contributed by atoms with Crippen molar-refractivity contribution in [2.24, 2.45) is 0 Å². The molecule has 0 aliphatic heterocycles. The molecule has 1 aliphatic rings. The summed E-state index contributed by atoms with van der Waals surface area (Å²) < 4.78 is 5.95. The minimum Gasteiger partial charge on any atom is -0.446 e. The third kappa shape index (κ3) is 5.18. The molecule has 1 fully saturated rings. The summed E-state index contributed by atoms with van der Waals surface area (Å²) >= 11 is 0. The number of hydrogen-bond acceptors (Lipinski definition) is 3. The molecule has 0 spiro atoms. The second-order valence-corrected chi connectivity index (χ2v) is 8.47. The lowest BCUT2D eigenvalue weighted by Gasteiger charge is -2.35. The van der Waals surface area contributed by atoms with Gasteiger partial charge in [0, 0.05) is 13.1 Å². The number of nitrogens with zero attached hydrogens (tertiary/aromatic N) is 2. The number of nitriles is 1. The molecule has 0 saturated heterocycles. The van der Waals surface area contributed by atoms with Gasteiger partial charge in [-0.2, -0.15) is 5.26 Å². The van der Waals surface area contributed by atoms with E-state index in [9.17, 15) is 10.1 Å². The van der Waals surface area contributed by atoms with Crippen LogP contribution in [0.5, 0.6) is 0 Å². The Hall–Kier alpha value is -3.58. The summed E-state index contributed by atoms with van der Waals surface area (Å²) in [6.45, 7) is 0.987. The van der Waals surface area contributed by atoms with Crippen LogP contribution in [0.25, 0.3) is 0 Å². The van der Waals surface area contributed by atoms with Crippen molar-refractivity contribution >= 4 is 6.09 Å². The predicted octanol–water partition coefficient (Wildman–Crippen LogP) is 6.23. The van der Waals surface area contributed by atoms with Crippen molar-refractivity contribution in [1.82, 2.24) is 4.90 Å². The van der Waals surface area contributed by atoms with E-state index in [-0.39, 0.29) is 12.2 Å². The van der Waals surface area contributed by atoms with Crippen LogP contribution >= 0.6 is 0 Å². The van der Waals surface area contributed by atoms with Gasteiger partial charge in [-0.15, -0.1) is 0 Å². The summed E-state index contributed by atoms with van der Waals surface area (Å²) in [6.07, 6.45) is 2.32. The molecule has 0 N–H and O–H groups in total. The lowest BCUT2D eigenvalue weighted by molar-refractivity contribution is 0.0347. The lowest BCUT2D eigenvalue weighted by Crippen LogP contribution is -2.38. The van der Waals surface area contributed by atoms with E-state index in [1.54, 1.807) is 4.90 Å². The molecule has 3 aromatic carbocycles. The average molecular weight is 425 g/mol. The maximum atomic E-state index is 13.2. The summed E-state index contributed by atoms with van der Waals surface area (Å²) in [5.41, 5.74) is 2.70. The Balaban J connectivity index is 1.42. The van der Waals surface area contributed by atoms with Gasteiger partial charge in [0.15, 0.2) is 0 Å². The minimum absolute atomic E-state index is 0.165. The van der Waals surface area contributed by atoms with Gasteiger partial charge < -0.3 is 4.74 Å². The molecule has 162 valence electrons. The first kappa shape index (κ1) is 21.6. The molecule has 3 aromatic rings. The summed E-state index contributed by atoms with van der Waals surface area (Å²) in [7, 11) is 0. The number of ether oxygens (including phenoxy) is 1. The Morgan fingerprint density at radius 1 is 0.844 bits per heavy atom. The van der Waals surface area contributed by atoms with Gasteiger partial charge in [-0.05, 0) is 42.4 Å². The summed E-state index contributed by atoms with van der Waals surface area (Å²) in [6, 6.07) is 32.5. The van der Waals surface area contributed by atoms with E-state index in [1.807, 2.05) is 91.0 Å². The molecule has 1 amide bonds. The molecule has 1 aliphatic carbocycles. The third-order valence-electron chi connectivity index (χ3n) is 6.28. The average Bonchev–Trinajstić information content (AvgIpc) is 2.86. The van der Waals surface area contributed by atoms with E-state index in [0.29, 0.717) is 38.8 Å². The Morgan fingerprint density at radius 3 is 1.78 bits per heavy atom. The van der Waals surface area contributed by atoms with Crippen LogP contribution in [0.3, 0.4) is 0 Å². The Kier molecular flexibility index (Phi) is 6.87. The quantitative estimate of drug-likeness (QED) is 0.471. The highest BCUT2D eigenvalue weighted by atomic mass is 16.6. The maximum absolute atomic E-state index is 13.2. The molecule has 0 heterocycles. The molecule has 0 radical (unpaired) electrons. The highest BCUT2D eigenvalue weighted by Crippen LogP contribution is 2.40. The first-order valence-electron chi connectivity index (χ1n) is 11.2. The van der Waals surface area contributed by atoms with Gasteiger partial charge in [-0.3, -0.25) is 4.90 Å². The zero-order chi connectivity index (χ0) is 22.2. The van der Waals surface area contributed by atoms with Crippen LogP contribution < -0.4 is 0 Å². The Labute approximate surface area is 190 Å². The zero-order valence-electron chi connectivity index (χ0n) is 18.2. The van der Waals surface area contributed by atoms with Gasteiger partial charge in [-0.1, -0.05) is 91.0 Å². The van der Waals surface area contributed by atoms with Gasteiger partial charge in [0.05, 0.1) is 11.5 Å². The summed E-state index contributed by atoms with van der Waals surface area (Å²) in [5, 5.41) is 9.91. The summed E-state index contributed by atoms with van der Waals surface area (Å²) in [4.78, 5) is 14.9. The van der Waals surface area contributed by atoms with Crippen LogP contribution in [0.4, 0.5) is 4.79 Å². The van der Waals surface area contributed by atoms with Gasteiger partial charge in [0.25, 0.3) is 0 Å². The van der Waals surface area contributed by atoms with Crippen molar-refractivity contribution in [3.8, 4) is 6.07 Å². The lowest BCUT2D eigenvalue weighted by atomic mass is 9.70. The van der Waals surface area contributed by atoms with E-state index in [4.69, 9.17) is 4.74 Å². The topological polar surface area (TPSA) is 53.3 Å². The van der Waals surface area contributed by atoms with E-state index in [0.717, 1.165) is 16.7 Å². The van der Waals surface area contributed by atoms with Crippen molar-refractivity contribution in [3.05, 3.63) is 108 Å². The smallest absolute Gasteiger partial charge is 0.410 e. The molecule has 32 heavy (non-hydrogen) atoms. The fourth-order valence-electron chi connectivity index (χ4n) is 4.43. The van der Waals surface area contributed by atoms with Crippen LogP contribution in [0, 0.1) is 11.3 Å². The standard InChI is InChI=1S/C28H28N2O2/c29-22-28(25-14-8-3-9-15-25)18-16-26(17-19-28)32-27(31)30(20-23-10-4-1-5-11-23)21-24-12-6-2-7-13-24/h1-15,26H,16-21H2. The predicted molar refractivity (Wildman–Crippen MR) is 125 cm³/mol. The normalized spacial score (nSPS) is 20.2. The molecular weight excluding hydrogens is 396 g/mol. The van der Waals surface area contributed by atoms with Gasteiger partial charge in [-0.25, -0.2) is 4.79 Å². The number of carbonyl (C=O) groups excluding carboxylic acids is 1. The third-order valence-corrected chi connectivity index (χ3v) is 6.28.